The molecule has 0 amide bonds. The molecule has 0 aromatic heterocycles. The summed E-state index contributed by atoms with van der Waals surface area (Å²) < 4.78 is 26.3. The van der Waals surface area contributed by atoms with Crippen LogP contribution < -0.4 is 18.9 Å². The monoisotopic (exact) mass is 750 g/mol. The largest absolute Gasteiger partial charge is 0.493 e. The van der Waals surface area contributed by atoms with E-state index in [0.29, 0.717) is 40.7 Å². The van der Waals surface area contributed by atoms with Gasteiger partial charge in [-0.3, -0.25) is 9.80 Å². The molecule has 2 fully saturated rings. The highest BCUT2D eigenvalue weighted by molar-refractivity contribution is 7.99. The predicted octanol–water partition coefficient (Wildman–Crippen LogP) is 8.71. The number of thioether (sulfide) groups is 2. The fourth-order valence-corrected chi connectivity index (χ4v) is 12.2. The van der Waals surface area contributed by atoms with E-state index in [0.717, 1.165) is 96.8 Å². The second kappa shape index (κ2) is 13.3. The molecule has 1 atom stereocenters. The van der Waals surface area contributed by atoms with Crippen LogP contribution in [-0.2, 0) is 29.3 Å². The van der Waals surface area contributed by atoms with Crippen LogP contribution in [0.2, 0.25) is 0 Å². The molecule has 8 rings (SSSR count). The molecule has 2 aliphatic carbocycles. The molecule has 8 nitrogen and oxygen atoms in total. The van der Waals surface area contributed by atoms with Crippen molar-refractivity contribution < 1.29 is 18.9 Å². The topological polar surface area (TPSA) is 91.0 Å². The highest BCUT2D eigenvalue weighted by Gasteiger charge is 2.59. The Bertz CT molecular complexity index is 2100. The number of rotatable bonds is 6. The SMILES string of the molecule is COc1cc2c(c(CN3CCSCC3)c1OC)C1(CC2(C)C)CC(C)(C)c2cc3c(c(CN4CCSCC4)c21)Oc1c(C#N)c(C)c(C)c(C#N)c1O3. The summed E-state index contributed by atoms with van der Waals surface area (Å²) in [6, 6.07) is 9.22. The van der Waals surface area contributed by atoms with Crippen LogP contribution in [-0.4, -0.2) is 73.2 Å². The summed E-state index contributed by atoms with van der Waals surface area (Å²) in [7, 11) is 3.54. The van der Waals surface area contributed by atoms with Crippen molar-refractivity contribution >= 4 is 23.5 Å². The zero-order valence-corrected chi connectivity index (χ0v) is 34.0. The third-order valence-electron chi connectivity index (χ3n) is 12.6. The molecule has 3 heterocycles. The molecular formula is C43H50N4O4S2. The third kappa shape index (κ3) is 5.62. The molecule has 10 heteroatoms. The number of ether oxygens (including phenoxy) is 4. The minimum atomic E-state index is -0.339. The van der Waals surface area contributed by atoms with Crippen LogP contribution in [0.1, 0.15) is 96.2 Å². The zero-order chi connectivity index (χ0) is 37.4. The molecule has 2 saturated heterocycles. The van der Waals surface area contributed by atoms with Crippen LogP contribution in [0.4, 0.5) is 0 Å². The van der Waals surface area contributed by atoms with Crippen LogP contribution in [0, 0.1) is 36.5 Å². The summed E-state index contributed by atoms with van der Waals surface area (Å²) in [6.45, 7) is 18.9. The van der Waals surface area contributed by atoms with Crippen molar-refractivity contribution in [1.29, 1.82) is 10.5 Å². The third-order valence-corrected chi connectivity index (χ3v) is 14.5. The van der Waals surface area contributed by atoms with E-state index in [1.54, 1.807) is 14.2 Å². The standard InChI is InChI=1S/C43H50N4O4S2/c1-25-26(2)28(20-45)40-39(27(25)19-44)50-34-18-32-36(30(38(34)51-40)22-47-11-15-53-16-12-47)43(24-42(32,5)6)23-41(3,4)31-17-33(48-7)37(49-8)29(35(31)43)21-46-9-13-52-14-10-46/h17-18H,9-16,21-24H2,1-8H3. The lowest BCUT2D eigenvalue weighted by atomic mass is 9.70. The first kappa shape index (κ1) is 36.4. The van der Waals surface area contributed by atoms with E-state index in [1.807, 2.05) is 37.4 Å². The Balaban J connectivity index is 1.43. The second-order valence-electron chi connectivity index (χ2n) is 16.7. The molecule has 0 radical (unpaired) electrons. The Morgan fingerprint density at radius 2 is 1.19 bits per heavy atom. The number of nitriles is 2. The molecule has 3 aromatic carbocycles. The minimum Gasteiger partial charge on any atom is -0.493 e. The van der Waals surface area contributed by atoms with Crippen LogP contribution in [0.25, 0.3) is 0 Å². The van der Waals surface area contributed by atoms with E-state index in [4.69, 9.17) is 18.9 Å². The van der Waals surface area contributed by atoms with Gasteiger partial charge in [0.2, 0.25) is 0 Å². The van der Waals surface area contributed by atoms with Gasteiger partial charge in [0.25, 0.3) is 0 Å². The molecule has 3 aromatic rings. The smallest absolute Gasteiger partial charge is 0.189 e. The van der Waals surface area contributed by atoms with Gasteiger partial charge in [-0.25, -0.2) is 0 Å². The fraction of sp³-hybridized carbons (Fsp3) is 0.535. The Morgan fingerprint density at radius 3 is 1.70 bits per heavy atom. The van der Waals surface area contributed by atoms with Crippen molar-refractivity contribution in [3.63, 3.8) is 0 Å². The number of nitrogens with zero attached hydrogens (tertiary/aromatic N) is 4. The maximum absolute atomic E-state index is 10.4. The lowest BCUT2D eigenvalue weighted by Gasteiger charge is -2.37. The van der Waals surface area contributed by atoms with Gasteiger partial charge >= 0.3 is 0 Å². The van der Waals surface area contributed by atoms with Gasteiger partial charge in [0.15, 0.2) is 34.5 Å². The molecule has 1 unspecified atom stereocenters. The molecule has 5 aliphatic rings. The van der Waals surface area contributed by atoms with E-state index in [-0.39, 0.29) is 16.2 Å². The van der Waals surface area contributed by atoms with E-state index < -0.39 is 0 Å². The molecular weight excluding hydrogens is 701 g/mol. The van der Waals surface area contributed by atoms with Crippen molar-refractivity contribution in [1.82, 2.24) is 9.80 Å². The number of benzene rings is 3. The van der Waals surface area contributed by atoms with Gasteiger partial charge in [-0.15, -0.1) is 0 Å². The lowest BCUT2D eigenvalue weighted by molar-refractivity contribution is 0.276. The number of methoxy groups -OCH3 is 2. The second-order valence-corrected chi connectivity index (χ2v) is 19.1. The van der Waals surface area contributed by atoms with Gasteiger partial charge < -0.3 is 18.9 Å². The summed E-state index contributed by atoms with van der Waals surface area (Å²) in [5.74, 6) is 8.05. The Labute approximate surface area is 323 Å². The van der Waals surface area contributed by atoms with Gasteiger partial charge in [-0.2, -0.15) is 34.0 Å². The Morgan fingerprint density at radius 1 is 0.698 bits per heavy atom. The molecule has 0 bridgehead atoms. The summed E-state index contributed by atoms with van der Waals surface area (Å²) in [6.07, 6.45) is 1.86. The highest BCUT2D eigenvalue weighted by atomic mass is 32.2. The number of hydrogen-bond donors (Lipinski definition) is 0. The van der Waals surface area contributed by atoms with E-state index >= 15 is 0 Å². The summed E-state index contributed by atoms with van der Waals surface area (Å²) >= 11 is 4.03. The maximum atomic E-state index is 10.4. The number of hydrogen-bond acceptors (Lipinski definition) is 10. The van der Waals surface area contributed by atoms with E-state index in [9.17, 15) is 10.5 Å². The van der Waals surface area contributed by atoms with Crippen molar-refractivity contribution in [2.24, 2.45) is 0 Å². The van der Waals surface area contributed by atoms with E-state index in [1.165, 1.54) is 27.8 Å². The predicted molar refractivity (Wildman–Crippen MR) is 213 cm³/mol. The van der Waals surface area contributed by atoms with Gasteiger partial charge in [-0.1, -0.05) is 27.7 Å². The maximum Gasteiger partial charge on any atom is 0.189 e. The molecule has 1 spiro atoms. The summed E-state index contributed by atoms with van der Waals surface area (Å²) in [4.78, 5) is 5.14. The quantitative estimate of drug-likeness (QED) is 0.191. The Hall–Kier alpha value is -3.54. The van der Waals surface area contributed by atoms with Crippen LogP contribution in [0.15, 0.2) is 12.1 Å². The summed E-state index contributed by atoms with van der Waals surface area (Å²) in [5, 5.41) is 20.8. The molecule has 3 aliphatic heterocycles. The average molecular weight is 751 g/mol. The van der Waals surface area contributed by atoms with Crippen LogP contribution >= 0.6 is 23.5 Å². The van der Waals surface area contributed by atoms with Crippen molar-refractivity contribution in [2.75, 3.05) is 63.4 Å². The first-order valence-corrected chi connectivity index (χ1v) is 21.1. The molecule has 53 heavy (non-hydrogen) atoms. The van der Waals surface area contributed by atoms with Gasteiger partial charge in [0.05, 0.1) is 14.2 Å². The van der Waals surface area contributed by atoms with Crippen LogP contribution in [0.5, 0.6) is 34.5 Å². The van der Waals surface area contributed by atoms with Gasteiger partial charge in [0.1, 0.15) is 23.3 Å². The van der Waals surface area contributed by atoms with Crippen molar-refractivity contribution in [3.05, 3.63) is 67.8 Å². The van der Waals surface area contributed by atoms with Crippen molar-refractivity contribution in [2.45, 2.75) is 83.7 Å². The van der Waals surface area contributed by atoms with E-state index in [2.05, 4.69) is 61.8 Å². The molecule has 278 valence electrons. The Kier molecular flexibility index (Phi) is 9.17. The highest BCUT2D eigenvalue weighted by Crippen LogP contribution is 2.68. The first-order valence-electron chi connectivity index (χ1n) is 18.8. The number of fused-ring (bicyclic) bond motifs is 6. The summed E-state index contributed by atoms with van der Waals surface area (Å²) in [5.41, 5.74) is 9.33. The molecule has 0 saturated carbocycles. The fourth-order valence-electron chi connectivity index (χ4n) is 10.2. The van der Waals surface area contributed by atoms with Gasteiger partial charge in [-0.05, 0) is 83.0 Å². The van der Waals surface area contributed by atoms with Gasteiger partial charge in [0, 0.05) is 78.8 Å². The normalized spacial score (nSPS) is 22.5. The lowest BCUT2D eigenvalue weighted by Crippen LogP contribution is -2.35. The van der Waals surface area contributed by atoms with Crippen molar-refractivity contribution in [3.8, 4) is 46.6 Å². The zero-order valence-electron chi connectivity index (χ0n) is 32.4. The van der Waals surface area contributed by atoms with Crippen LogP contribution in [0.3, 0.4) is 0 Å². The minimum absolute atomic E-state index is 0.151. The first-order chi connectivity index (χ1) is 25.4. The average Bonchev–Trinajstić information content (AvgIpc) is 3.51. The molecule has 0 N–H and O–H groups in total.